The molecule has 1 aliphatic rings. The van der Waals surface area contributed by atoms with Crippen LogP contribution >= 0.6 is 0 Å². The number of hydrogen-bond acceptors (Lipinski definition) is 3. The number of esters is 1. The summed E-state index contributed by atoms with van der Waals surface area (Å²) < 4.78 is 10.6. The molecule has 2 unspecified atom stereocenters. The molecule has 0 bridgehead atoms. The van der Waals surface area contributed by atoms with Gasteiger partial charge in [0.15, 0.2) is 6.10 Å². The molecule has 98 valence electrons. The first-order chi connectivity index (χ1) is 8.63. The fourth-order valence-electron chi connectivity index (χ4n) is 2.07. The monoisotopic (exact) mass is 248 g/mol. The highest BCUT2D eigenvalue weighted by Gasteiger charge is 2.47. The van der Waals surface area contributed by atoms with Crippen LogP contribution in [0.3, 0.4) is 0 Å². The lowest BCUT2D eigenvalue weighted by Crippen LogP contribution is -2.13. The second-order valence-corrected chi connectivity index (χ2v) is 4.86. The van der Waals surface area contributed by atoms with Crippen molar-refractivity contribution in [2.45, 2.75) is 45.8 Å². The summed E-state index contributed by atoms with van der Waals surface area (Å²) in [4.78, 5) is 11.7. The number of aryl methyl sites for hydroxylation is 2. The number of unbranched alkanes of at least 4 members (excludes halogenated alkanes) is 1. The standard InChI is InChI=1S/C15H20O3/c1-4-5-8-17-15(16)14-13(18-14)12-7-6-10(2)9-11(12)3/h6-7,9,13-14H,4-5,8H2,1-3H3. The summed E-state index contributed by atoms with van der Waals surface area (Å²) >= 11 is 0. The van der Waals surface area contributed by atoms with Gasteiger partial charge in [-0.15, -0.1) is 0 Å². The van der Waals surface area contributed by atoms with Crippen molar-refractivity contribution in [1.29, 1.82) is 0 Å². The zero-order valence-corrected chi connectivity index (χ0v) is 11.2. The number of hydrogen-bond donors (Lipinski definition) is 0. The minimum Gasteiger partial charge on any atom is -0.464 e. The highest BCUT2D eigenvalue weighted by molar-refractivity contribution is 5.78. The summed E-state index contributed by atoms with van der Waals surface area (Å²) in [5, 5.41) is 0. The Hall–Kier alpha value is -1.35. The molecule has 1 heterocycles. The Morgan fingerprint density at radius 3 is 2.83 bits per heavy atom. The Morgan fingerprint density at radius 2 is 2.17 bits per heavy atom. The molecule has 1 fully saturated rings. The Bertz CT molecular complexity index is 439. The average molecular weight is 248 g/mol. The number of carbonyl (C=O) groups excluding carboxylic acids is 1. The van der Waals surface area contributed by atoms with Crippen LogP contribution in [0.4, 0.5) is 0 Å². The van der Waals surface area contributed by atoms with Gasteiger partial charge < -0.3 is 9.47 Å². The molecular formula is C15H20O3. The van der Waals surface area contributed by atoms with E-state index in [0.717, 1.165) is 18.4 Å². The summed E-state index contributed by atoms with van der Waals surface area (Å²) in [6, 6.07) is 6.19. The number of benzene rings is 1. The highest BCUT2D eigenvalue weighted by atomic mass is 16.6. The van der Waals surface area contributed by atoms with Crippen molar-refractivity contribution in [2.75, 3.05) is 6.61 Å². The largest absolute Gasteiger partial charge is 0.464 e. The number of carbonyl (C=O) groups is 1. The van der Waals surface area contributed by atoms with Crippen LogP contribution in [-0.4, -0.2) is 18.7 Å². The summed E-state index contributed by atoms with van der Waals surface area (Å²) in [5.74, 6) is -0.228. The molecular weight excluding hydrogens is 228 g/mol. The maximum atomic E-state index is 11.7. The molecule has 2 atom stereocenters. The zero-order chi connectivity index (χ0) is 13.1. The van der Waals surface area contributed by atoms with Gasteiger partial charge in [0.25, 0.3) is 0 Å². The van der Waals surface area contributed by atoms with E-state index in [1.165, 1.54) is 11.1 Å². The minimum absolute atomic E-state index is 0.111. The third-order valence-corrected chi connectivity index (χ3v) is 3.20. The molecule has 0 aromatic heterocycles. The van der Waals surface area contributed by atoms with Crippen molar-refractivity contribution >= 4 is 5.97 Å². The van der Waals surface area contributed by atoms with Gasteiger partial charge in [-0.3, -0.25) is 0 Å². The lowest BCUT2D eigenvalue weighted by molar-refractivity contribution is -0.145. The fraction of sp³-hybridized carbons (Fsp3) is 0.533. The van der Waals surface area contributed by atoms with Crippen LogP contribution in [0.15, 0.2) is 18.2 Å². The van der Waals surface area contributed by atoms with Crippen LogP contribution in [0.1, 0.15) is 42.6 Å². The van der Waals surface area contributed by atoms with Gasteiger partial charge in [-0.2, -0.15) is 0 Å². The molecule has 18 heavy (non-hydrogen) atoms. The normalized spacial score (nSPS) is 21.7. The van der Waals surface area contributed by atoms with Gasteiger partial charge in [0.2, 0.25) is 0 Å². The molecule has 2 rings (SSSR count). The molecule has 0 saturated carbocycles. The van der Waals surface area contributed by atoms with E-state index in [4.69, 9.17) is 9.47 Å². The van der Waals surface area contributed by atoms with Gasteiger partial charge in [-0.1, -0.05) is 37.1 Å². The Morgan fingerprint density at radius 1 is 1.39 bits per heavy atom. The molecule has 3 heteroatoms. The van der Waals surface area contributed by atoms with Crippen LogP contribution in [0.5, 0.6) is 0 Å². The summed E-state index contributed by atoms with van der Waals surface area (Å²) in [7, 11) is 0. The molecule has 0 radical (unpaired) electrons. The first-order valence-electron chi connectivity index (χ1n) is 6.52. The Balaban J connectivity index is 1.92. The molecule has 0 N–H and O–H groups in total. The van der Waals surface area contributed by atoms with E-state index < -0.39 is 6.10 Å². The molecule has 1 aromatic carbocycles. The van der Waals surface area contributed by atoms with Crippen LogP contribution in [0.2, 0.25) is 0 Å². The molecule has 1 saturated heterocycles. The van der Waals surface area contributed by atoms with Gasteiger partial charge in [-0.25, -0.2) is 4.79 Å². The van der Waals surface area contributed by atoms with E-state index >= 15 is 0 Å². The summed E-state index contributed by atoms with van der Waals surface area (Å²) in [5.41, 5.74) is 3.49. The summed E-state index contributed by atoms with van der Waals surface area (Å²) in [6.45, 7) is 6.67. The van der Waals surface area contributed by atoms with Gasteiger partial charge in [0, 0.05) is 0 Å². The molecule has 0 amide bonds. The second-order valence-electron chi connectivity index (χ2n) is 4.86. The second kappa shape index (κ2) is 5.53. The SMILES string of the molecule is CCCCOC(=O)C1OC1c1ccc(C)cc1C. The molecule has 1 aliphatic heterocycles. The molecule has 0 spiro atoms. The highest BCUT2D eigenvalue weighted by Crippen LogP contribution is 2.41. The van der Waals surface area contributed by atoms with Crippen LogP contribution in [0, 0.1) is 13.8 Å². The first-order valence-corrected chi connectivity index (χ1v) is 6.52. The molecule has 0 aliphatic carbocycles. The quantitative estimate of drug-likeness (QED) is 0.456. The number of ether oxygens (including phenoxy) is 2. The van der Waals surface area contributed by atoms with Crippen molar-refractivity contribution in [3.63, 3.8) is 0 Å². The van der Waals surface area contributed by atoms with Gasteiger partial charge in [0.1, 0.15) is 6.10 Å². The van der Waals surface area contributed by atoms with Gasteiger partial charge in [0.05, 0.1) is 6.61 Å². The maximum Gasteiger partial charge on any atom is 0.338 e. The lowest BCUT2D eigenvalue weighted by Gasteiger charge is -2.04. The van der Waals surface area contributed by atoms with Crippen LogP contribution < -0.4 is 0 Å². The maximum absolute atomic E-state index is 11.7. The Labute approximate surface area is 108 Å². The number of epoxide rings is 1. The molecule has 1 aromatic rings. The van der Waals surface area contributed by atoms with E-state index in [2.05, 4.69) is 19.9 Å². The third kappa shape index (κ3) is 2.91. The minimum atomic E-state index is -0.400. The third-order valence-electron chi connectivity index (χ3n) is 3.20. The predicted molar refractivity (Wildman–Crippen MR) is 69.4 cm³/mol. The Kier molecular flexibility index (Phi) is 4.02. The van der Waals surface area contributed by atoms with E-state index in [1.54, 1.807) is 0 Å². The van der Waals surface area contributed by atoms with E-state index in [-0.39, 0.29) is 12.1 Å². The smallest absolute Gasteiger partial charge is 0.338 e. The number of rotatable bonds is 5. The average Bonchev–Trinajstić information content (AvgIpc) is 3.09. The van der Waals surface area contributed by atoms with Crippen LogP contribution in [-0.2, 0) is 14.3 Å². The van der Waals surface area contributed by atoms with Crippen molar-refractivity contribution in [1.82, 2.24) is 0 Å². The van der Waals surface area contributed by atoms with E-state index in [9.17, 15) is 4.79 Å². The van der Waals surface area contributed by atoms with Crippen molar-refractivity contribution in [2.24, 2.45) is 0 Å². The van der Waals surface area contributed by atoms with E-state index in [0.29, 0.717) is 6.61 Å². The zero-order valence-electron chi connectivity index (χ0n) is 11.2. The van der Waals surface area contributed by atoms with Gasteiger partial charge >= 0.3 is 5.97 Å². The molecule has 3 nitrogen and oxygen atoms in total. The van der Waals surface area contributed by atoms with Crippen molar-refractivity contribution in [3.05, 3.63) is 34.9 Å². The first kappa shape index (κ1) is 13.1. The van der Waals surface area contributed by atoms with Crippen LogP contribution in [0.25, 0.3) is 0 Å². The van der Waals surface area contributed by atoms with Gasteiger partial charge in [-0.05, 0) is 31.4 Å². The predicted octanol–water partition coefficient (Wildman–Crippen LogP) is 3.09. The topological polar surface area (TPSA) is 38.8 Å². The lowest BCUT2D eigenvalue weighted by atomic mass is 10.0. The fourth-order valence-corrected chi connectivity index (χ4v) is 2.07. The van der Waals surface area contributed by atoms with E-state index in [1.807, 2.05) is 19.1 Å². The van der Waals surface area contributed by atoms with Crippen molar-refractivity contribution < 1.29 is 14.3 Å². The summed E-state index contributed by atoms with van der Waals surface area (Å²) in [6.07, 6.45) is 1.43. The van der Waals surface area contributed by atoms with Crippen molar-refractivity contribution in [3.8, 4) is 0 Å².